The summed E-state index contributed by atoms with van der Waals surface area (Å²) in [6, 6.07) is 8.36. The summed E-state index contributed by atoms with van der Waals surface area (Å²) in [4.78, 5) is 26.4. The molecular weight excluding hydrogens is 406 g/mol. The monoisotopic (exact) mass is 431 g/mol. The van der Waals surface area contributed by atoms with E-state index in [1.165, 1.54) is 12.3 Å². The van der Waals surface area contributed by atoms with Crippen LogP contribution in [0.3, 0.4) is 0 Å². The third-order valence-electron chi connectivity index (χ3n) is 5.42. The summed E-state index contributed by atoms with van der Waals surface area (Å²) in [5, 5.41) is 2.67. The number of anilines is 1. The fourth-order valence-corrected chi connectivity index (χ4v) is 4.79. The molecule has 1 saturated carbocycles. The molecule has 2 amide bonds. The highest BCUT2D eigenvalue weighted by Gasteiger charge is 2.39. The van der Waals surface area contributed by atoms with E-state index in [2.05, 4.69) is 10.0 Å². The molecule has 0 radical (unpaired) electrons. The Morgan fingerprint density at radius 3 is 2.73 bits per heavy atom. The zero-order chi connectivity index (χ0) is 21.3. The number of furan rings is 1. The molecule has 1 atom stereocenters. The van der Waals surface area contributed by atoms with Crippen LogP contribution in [0.4, 0.5) is 5.69 Å². The predicted octanol–water partition coefficient (Wildman–Crippen LogP) is 1.95. The third-order valence-corrected chi connectivity index (χ3v) is 6.88. The standard InChI is InChI=1S/C21H25N3O5S/c1-14-11-16-12-18(6-7-19(16)24(14)21(26)15-4-5-15)30(27,28)23-9-8-20(25)22-13-17-3-2-10-29-17/h2-3,6-7,10,12,14-15,23H,4-5,8-9,11,13H2,1H3,(H,22,25). The van der Waals surface area contributed by atoms with Gasteiger partial charge in [0.15, 0.2) is 0 Å². The lowest BCUT2D eigenvalue weighted by Gasteiger charge is -2.22. The second-order valence-electron chi connectivity index (χ2n) is 7.83. The van der Waals surface area contributed by atoms with E-state index in [4.69, 9.17) is 4.42 Å². The summed E-state index contributed by atoms with van der Waals surface area (Å²) >= 11 is 0. The van der Waals surface area contributed by atoms with Crippen molar-refractivity contribution in [1.29, 1.82) is 0 Å². The minimum absolute atomic E-state index is 0.00784. The first-order chi connectivity index (χ1) is 14.3. The van der Waals surface area contributed by atoms with Crippen molar-refractivity contribution in [3.05, 3.63) is 47.9 Å². The largest absolute Gasteiger partial charge is 0.467 e. The molecule has 1 aliphatic heterocycles. The summed E-state index contributed by atoms with van der Waals surface area (Å²) in [6.07, 6.45) is 4.04. The Morgan fingerprint density at radius 1 is 1.23 bits per heavy atom. The van der Waals surface area contributed by atoms with Crippen molar-refractivity contribution < 1.29 is 22.4 Å². The van der Waals surface area contributed by atoms with Gasteiger partial charge in [-0.05, 0) is 62.1 Å². The summed E-state index contributed by atoms with van der Waals surface area (Å²) in [7, 11) is -3.75. The molecule has 160 valence electrons. The third kappa shape index (κ3) is 4.41. The zero-order valence-corrected chi connectivity index (χ0v) is 17.6. The molecule has 0 saturated heterocycles. The zero-order valence-electron chi connectivity index (χ0n) is 16.8. The van der Waals surface area contributed by atoms with Crippen LogP contribution in [0.1, 0.15) is 37.5 Å². The molecule has 2 aliphatic rings. The predicted molar refractivity (Wildman–Crippen MR) is 110 cm³/mol. The first kappa shape index (κ1) is 20.6. The maximum atomic E-state index is 12.6. The minimum atomic E-state index is -3.75. The number of nitrogens with zero attached hydrogens (tertiary/aromatic N) is 1. The van der Waals surface area contributed by atoms with Crippen LogP contribution < -0.4 is 14.9 Å². The van der Waals surface area contributed by atoms with E-state index in [9.17, 15) is 18.0 Å². The molecule has 1 fully saturated rings. The summed E-state index contributed by atoms with van der Waals surface area (Å²) < 4.78 is 32.9. The van der Waals surface area contributed by atoms with Gasteiger partial charge in [-0.15, -0.1) is 0 Å². The summed E-state index contributed by atoms with van der Waals surface area (Å²) in [5.74, 6) is 0.606. The number of fused-ring (bicyclic) bond motifs is 1. The van der Waals surface area contributed by atoms with Crippen molar-refractivity contribution in [3.63, 3.8) is 0 Å². The van der Waals surface area contributed by atoms with E-state index in [1.54, 1.807) is 29.2 Å². The molecule has 1 aliphatic carbocycles. The second-order valence-corrected chi connectivity index (χ2v) is 9.60. The van der Waals surface area contributed by atoms with Gasteiger partial charge in [0, 0.05) is 30.6 Å². The van der Waals surface area contributed by atoms with Crippen LogP contribution in [0.2, 0.25) is 0 Å². The molecule has 9 heteroatoms. The van der Waals surface area contributed by atoms with Gasteiger partial charge in [-0.3, -0.25) is 9.59 Å². The first-order valence-corrected chi connectivity index (χ1v) is 11.6. The number of hydrogen-bond acceptors (Lipinski definition) is 5. The van der Waals surface area contributed by atoms with Gasteiger partial charge in [-0.2, -0.15) is 0 Å². The number of sulfonamides is 1. The molecule has 8 nitrogen and oxygen atoms in total. The van der Waals surface area contributed by atoms with Gasteiger partial charge in [0.05, 0.1) is 17.7 Å². The van der Waals surface area contributed by atoms with Crippen LogP contribution in [-0.2, 0) is 32.6 Å². The molecule has 2 aromatic rings. The topological polar surface area (TPSA) is 109 Å². The SMILES string of the molecule is CC1Cc2cc(S(=O)(=O)NCCC(=O)NCc3ccco3)ccc2N1C(=O)C1CC1. The molecule has 1 unspecified atom stereocenters. The molecular formula is C21H25N3O5S. The van der Waals surface area contributed by atoms with Gasteiger partial charge in [0.2, 0.25) is 21.8 Å². The first-order valence-electron chi connectivity index (χ1n) is 10.1. The van der Waals surface area contributed by atoms with Crippen LogP contribution in [0.25, 0.3) is 0 Å². The maximum Gasteiger partial charge on any atom is 0.240 e. The maximum absolute atomic E-state index is 12.6. The summed E-state index contributed by atoms with van der Waals surface area (Å²) in [6.45, 7) is 2.23. The van der Waals surface area contributed by atoms with E-state index in [0.717, 1.165) is 24.1 Å². The lowest BCUT2D eigenvalue weighted by molar-refractivity contribution is -0.121. The minimum Gasteiger partial charge on any atom is -0.467 e. The lowest BCUT2D eigenvalue weighted by atomic mass is 10.1. The van der Waals surface area contributed by atoms with E-state index < -0.39 is 10.0 Å². The van der Waals surface area contributed by atoms with Crippen LogP contribution in [0.15, 0.2) is 45.9 Å². The van der Waals surface area contributed by atoms with Crippen molar-refractivity contribution in [2.24, 2.45) is 5.92 Å². The highest BCUT2D eigenvalue weighted by atomic mass is 32.2. The molecule has 2 heterocycles. The quantitative estimate of drug-likeness (QED) is 0.664. The van der Waals surface area contributed by atoms with Gasteiger partial charge in [-0.25, -0.2) is 13.1 Å². The van der Waals surface area contributed by atoms with Gasteiger partial charge in [0.25, 0.3) is 0 Å². The Balaban J connectivity index is 1.35. The molecule has 4 rings (SSSR count). The molecule has 30 heavy (non-hydrogen) atoms. The van der Waals surface area contributed by atoms with Crippen molar-refractivity contribution in [2.45, 2.75) is 50.1 Å². The second kappa shape index (κ2) is 8.23. The number of benzene rings is 1. The van der Waals surface area contributed by atoms with Crippen molar-refractivity contribution in [2.75, 3.05) is 11.4 Å². The smallest absolute Gasteiger partial charge is 0.240 e. The lowest BCUT2D eigenvalue weighted by Crippen LogP contribution is -2.36. The molecule has 0 bridgehead atoms. The van der Waals surface area contributed by atoms with E-state index in [-0.39, 0.29) is 48.2 Å². The van der Waals surface area contributed by atoms with Crippen LogP contribution in [0, 0.1) is 5.92 Å². The van der Waals surface area contributed by atoms with Gasteiger partial charge in [0.1, 0.15) is 5.76 Å². The van der Waals surface area contributed by atoms with E-state index >= 15 is 0 Å². The number of amides is 2. The van der Waals surface area contributed by atoms with Crippen molar-refractivity contribution in [1.82, 2.24) is 10.0 Å². The molecule has 2 N–H and O–H groups in total. The highest BCUT2D eigenvalue weighted by Crippen LogP contribution is 2.39. The Kier molecular flexibility index (Phi) is 5.66. The van der Waals surface area contributed by atoms with Gasteiger partial charge in [-0.1, -0.05) is 0 Å². The Hall–Kier alpha value is -2.65. The van der Waals surface area contributed by atoms with E-state index in [1.807, 2.05) is 6.92 Å². The van der Waals surface area contributed by atoms with Crippen LogP contribution in [0.5, 0.6) is 0 Å². The number of carbonyl (C=O) groups excluding carboxylic acids is 2. The molecule has 1 aromatic heterocycles. The van der Waals surface area contributed by atoms with Gasteiger partial charge >= 0.3 is 0 Å². The number of rotatable bonds is 8. The average molecular weight is 432 g/mol. The van der Waals surface area contributed by atoms with Crippen molar-refractivity contribution >= 4 is 27.5 Å². The fourth-order valence-electron chi connectivity index (χ4n) is 3.71. The van der Waals surface area contributed by atoms with Crippen LogP contribution in [-0.4, -0.2) is 32.8 Å². The Labute approximate surface area is 175 Å². The Morgan fingerprint density at radius 2 is 2.03 bits per heavy atom. The Bertz CT molecular complexity index is 1040. The number of carbonyl (C=O) groups is 2. The number of nitrogens with one attached hydrogen (secondary N) is 2. The average Bonchev–Trinajstić information content (AvgIpc) is 3.32. The van der Waals surface area contributed by atoms with Gasteiger partial charge < -0.3 is 14.6 Å². The van der Waals surface area contributed by atoms with Crippen molar-refractivity contribution in [3.8, 4) is 0 Å². The van der Waals surface area contributed by atoms with Crippen LogP contribution >= 0.6 is 0 Å². The molecule has 1 aromatic carbocycles. The fraction of sp³-hybridized carbons (Fsp3) is 0.429. The molecule has 0 spiro atoms. The summed E-state index contributed by atoms with van der Waals surface area (Å²) in [5.41, 5.74) is 1.66. The number of hydrogen-bond donors (Lipinski definition) is 2. The highest BCUT2D eigenvalue weighted by molar-refractivity contribution is 7.89. The normalized spacial score (nSPS) is 18.3. The van der Waals surface area contributed by atoms with E-state index in [0.29, 0.717) is 12.2 Å².